The number of hydroxylamine groups is 1. The minimum Gasteiger partial charge on any atom is -0.391 e. The number of benzene rings is 2. The lowest BCUT2D eigenvalue weighted by atomic mass is 9.96. The molecule has 10 heteroatoms. The van der Waals surface area contributed by atoms with Crippen molar-refractivity contribution in [2.75, 3.05) is 25.0 Å². The van der Waals surface area contributed by atoms with E-state index in [9.17, 15) is 19.5 Å². The molecule has 0 unspecified atom stereocenters. The fourth-order valence-corrected chi connectivity index (χ4v) is 4.05. The average molecular weight is 508 g/mol. The second-order valence-electron chi connectivity index (χ2n) is 9.10. The van der Waals surface area contributed by atoms with Gasteiger partial charge in [0.2, 0.25) is 11.8 Å². The number of aliphatic hydroxyl groups excluding tert-OH is 1. The van der Waals surface area contributed by atoms with Gasteiger partial charge in [0, 0.05) is 29.3 Å². The molecule has 0 aliphatic carbocycles. The summed E-state index contributed by atoms with van der Waals surface area (Å²) in [5.41, 5.74) is 10.1. The van der Waals surface area contributed by atoms with Crippen LogP contribution in [0.2, 0.25) is 0 Å². The maximum absolute atomic E-state index is 12.4. The Kier molecular flexibility index (Phi) is 10.2. The number of aliphatic hydroxyl groups is 1. The van der Waals surface area contributed by atoms with E-state index in [0.29, 0.717) is 38.2 Å². The van der Waals surface area contributed by atoms with Crippen molar-refractivity contribution >= 4 is 23.4 Å². The summed E-state index contributed by atoms with van der Waals surface area (Å²) >= 11 is 0. The van der Waals surface area contributed by atoms with Gasteiger partial charge in [0.1, 0.15) is 6.04 Å². The zero-order chi connectivity index (χ0) is 26.8. The third kappa shape index (κ3) is 8.70. The van der Waals surface area contributed by atoms with Gasteiger partial charge in [-0.25, -0.2) is 5.48 Å². The van der Waals surface area contributed by atoms with Crippen molar-refractivity contribution < 1.29 is 24.7 Å². The van der Waals surface area contributed by atoms with Crippen LogP contribution in [0.3, 0.4) is 0 Å². The number of rotatable bonds is 9. The number of anilines is 1. The lowest BCUT2D eigenvalue weighted by molar-refractivity contribution is -0.134. The highest BCUT2D eigenvalue weighted by molar-refractivity contribution is 5.92. The van der Waals surface area contributed by atoms with Gasteiger partial charge in [-0.2, -0.15) is 0 Å². The van der Waals surface area contributed by atoms with Crippen LogP contribution in [0, 0.1) is 17.8 Å². The molecule has 3 rings (SSSR count). The second-order valence-corrected chi connectivity index (χ2v) is 9.10. The topological polar surface area (TPSA) is 157 Å². The highest BCUT2D eigenvalue weighted by Crippen LogP contribution is 2.17. The van der Waals surface area contributed by atoms with E-state index in [2.05, 4.69) is 22.5 Å². The Morgan fingerprint density at radius 2 is 1.59 bits per heavy atom. The van der Waals surface area contributed by atoms with Gasteiger partial charge in [0.15, 0.2) is 0 Å². The van der Waals surface area contributed by atoms with Crippen molar-refractivity contribution in [1.29, 1.82) is 0 Å². The van der Waals surface area contributed by atoms with Crippen LogP contribution >= 0.6 is 0 Å². The highest BCUT2D eigenvalue weighted by atomic mass is 16.5. The Bertz CT molecular complexity index is 1130. The molecule has 1 aliphatic heterocycles. The van der Waals surface area contributed by atoms with Gasteiger partial charge < -0.3 is 16.2 Å². The number of piperidine rings is 1. The molecule has 1 fully saturated rings. The zero-order valence-electron chi connectivity index (χ0n) is 20.7. The molecular formula is C27H33N5O5. The average Bonchev–Trinajstić information content (AvgIpc) is 2.89. The Morgan fingerprint density at radius 3 is 2.11 bits per heavy atom. The number of nitrogens with one attached hydrogen (secondary N) is 3. The quantitative estimate of drug-likeness (QED) is 0.165. The number of amides is 3. The van der Waals surface area contributed by atoms with Crippen molar-refractivity contribution in [3.8, 4) is 11.8 Å². The van der Waals surface area contributed by atoms with E-state index in [4.69, 9.17) is 10.9 Å². The maximum atomic E-state index is 12.4. The molecule has 10 nitrogen and oxygen atoms in total. The van der Waals surface area contributed by atoms with E-state index in [1.54, 1.807) is 17.6 Å². The Morgan fingerprint density at radius 1 is 1.03 bits per heavy atom. The number of hydrogen-bond donors (Lipinski definition) is 6. The smallest absolute Gasteiger partial charge is 0.263 e. The number of likely N-dealkylation sites (tertiary alicyclic amines) is 1. The summed E-state index contributed by atoms with van der Waals surface area (Å²) in [4.78, 5) is 37.3. The molecule has 2 atom stereocenters. The third-order valence-corrected chi connectivity index (χ3v) is 6.23. The predicted molar refractivity (Wildman–Crippen MR) is 138 cm³/mol. The third-order valence-electron chi connectivity index (χ3n) is 6.23. The molecule has 1 aliphatic rings. The van der Waals surface area contributed by atoms with Gasteiger partial charge in [-0.05, 0) is 74.8 Å². The summed E-state index contributed by atoms with van der Waals surface area (Å²) in [5.74, 6) is 5.00. The molecule has 3 amide bonds. The van der Waals surface area contributed by atoms with Gasteiger partial charge >= 0.3 is 0 Å². The largest absolute Gasteiger partial charge is 0.391 e. The van der Waals surface area contributed by atoms with Crippen LogP contribution in [0.15, 0.2) is 48.5 Å². The molecule has 1 saturated heterocycles. The SMILES string of the molecule is C[C@@H](O)[C@H](NCc1ccc(C#Cc2ccc(NC(=O)CN3CCC(C(N)=O)CC3)cc2)cc1)C(=O)NO. The van der Waals surface area contributed by atoms with E-state index >= 15 is 0 Å². The number of nitrogens with two attached hydrogens (primary N) is 1. The molecule has 196 valence electrons. The van der Waals surface area contributed by atoms with Crippen LogP contribution in [-0.4, -0.2) is 64.7 Å². The van der Waals surface area contributed by atoms with E-state index in [1.165, 1.54) is 6.92 Å². The van der Waals surface area contributed by atoms with E-state index in [1.807, 2.05) is 41.3 Å². The Balaban J connectivity index is 1.47. The van der Waals surface area contributed by atoms with Crippen LogP contribution in [-0.2, 0) is 20.9 Å². The first-order valence-corrected chi connectivity index (χ1v) is 12.1. The summed E-state index contributed by atoms with van der Waals surface area (Å²) < 4.78 is 0. The highest BCUT2D eigenvalue weighted by Gasteiger charge is 2.24. The monoisotopic (exact) mass is 507 g/mol. The molecule has 0 bridgehead atoms. The van der Waals surface area contributed by atoms with Crippen LogP contribution in [0.1, 0.15) is 36.5 Å². The summed E-state index contributed by atoms with van der Waals surface area (Å²) in [6.07, 6.45) is 0.398. The zero-order valence-corrected chi connectivity index (χ0v) is 20.7. The fourth-order valence-electron chi connectivity index (χ4n) is 4.05. The fraction of sp³-hybridized carbons (Fsp3) is 0.370. The van der Waals surface area contributed by atoms with Gasteiger partial charge in [0.05, 0.1) is 12.6 Å². The number of carbonyl (C=O) groups excluding carboxylic acids is 3. The van der Waals surface area contributed by atoms with Crippen LogP contribution in [0.5, 0.6) is 0 Å². The Labute approximate surface area is 216 Å². The maximum Gasteiger partial charge on any atom is 0.263 e. The second kappa shape index (κ2) is 13.5. The lowest BCUT2D eigenvalue weighted by Gasteiger charge is -2.29. The molecule has 1 heterocycles. The molecule has 0 saturated carbocycles. The van der Waals surface area contributed by atoms with Crippen molar-refractivity contribution in [2.45, 2.75) is 38.5 Å². The first-order chi connectivity index (χ1) is 17.7. The van der Waals surface area contributed by atoms with Crippen LogP contribution in [0.4, 0.5) is 5.69 Å². The van der Waals surface area contributed by atoms with Crippen LogP contribution in [0.25, 0.3) is 0 Å². The minimum absolute atomic E-state index is 0.0986. The first kappa shape index (κ1) is 27.8. The number of carbonyl (C=O) groups is 3. The number of nitrogens with zero attached hydrogens (tertiary/aromatic N) is 1. The normalized spacial score (nSPS) is 15.6. The summed E-state index contributed by atoms with van der Waals surface area (Å²) in [6, 6.07) is 13.8. The number of hydrogen-bond acceptors (Lipinski definition) is 7. The molecule has 0 radical (unpaired) electrons. The molecule has 0 aromatic heterocycles. The van der Waals surface area contributed by atoms with Crippen molar-refractivity contribution in [2.24, 2.45) is 11.7 Å². The predicted octanol–water partition coefficient (Wildman–Crippen LogP) is 0.567. The van der Waals surface area contributed by atoms with Gasteiger partial charge in [-0.15, -0.1) is 0 Å². The molecule has 0 spiro atoms. The van der Waals surface area contributed by atoms with E-state index in [-0.39, 0.29) is 24.3 Å². The molecule has 7 N–H and O–H groups in total. The van der Waals surface area contributed by atoms with E-state index in [0.717, 1.165) is 16.7 Å². The van der Waals surface area contributed by atoms with Gasteiger partial charge in [-0.3, -0.25) is 29.8 Å². The van der Waals surface area contributed by atoms with Gasteiger partial charge in [0.25, 0.3) is 5.91 Å². The van der Waals surface area contributed by atoms with Crippen LogP contribution < -0.4 is 21.8 Å². The van der Waals surface area contributed by atoms with Crippen molar-refractivity contribution in [1.82, 2.24) is 15.7 Å². The summed E-state index contributed by atoms with van der Waals surface area (Å²) in [6.45, 7) is 3.42. The van der Waals surface area contributed by atoms with Crippen molar-refractivity contribution in [3.05, 3.63) is 65.2 Å². The summed E-state index contributed by atoms with van der Waals surface area (Å²) in [7, 11) is 0. The minimum atomic E-state index is -0.968. The first-order valence-electron chi connectivity index (χ1n) is 12.1. The van der Waals surface area contributed by atoms with Crippen molar-refractivity contribution in [3.63, 3.8) is 0 Å². The Hall–Kier alpha value is -3.75. The molecule has 37 heavy (non-hydrogen) atoms. The summed E-state index contributed by atoms with van der Waals surface area (Å²) in [5, 5.41) is 24.2. The molecule has 2 aromatic rings. The van der Waals surface area contributed by atoms with E-state index < -0.39 is 18.1 Å². The van der Waals surface area contributed by atoms with Gasteiger partial charge in [-0.1, -0.05) is 24.0 Å². The molecule has 2 aromatic carbocycles. The standard InChI is InChI=1S/C27H33N5O5/c1-18(33)25(27(36)31-37)29-16-21-6-4-19(5-7-21)2-3-20-8-10-23(11-9-20)30-24(34)17-32-14-12-22(13-15-32)26(28)35/h4-11,18,22,25,29,33,37H,12-17H2,1H3,(H2,28,35)(H,30,34)(H,31,36)/t18-,25+/m1/s1. The molecular weight excluding hydrogens is 474 g/mol. The number of primary amides is 1. The lowest BCUT2D eigenvalue weighted by Crippen LogP contribution is -2.49.